The number of amides is 1. The smallest absolute Gasteiger partial charge is 0.223 e. The molecule has 1 fully saturated rings. The van der Waals surface area contributed by atoms with E-state index in [1.54, 1.807) is 29.2 Å². The molecule has 0 aliphatic carbocycles. The molecule has 1 aliphatic heterocycles. The summed E-state index contributed by atoms with van der Waals surface area (Å²) in [6.45, 7) is 1.31. The molecule has 0 spiro atoms. The van der Waals surface area contributed by atoms with Crippen LogP contribution in [0.3, 0.4) is 0 Å². The molecule has 1 atom stereocenters. The van der Waals surface area contributed by atoms with Gasteiger partial charge in [-0.25, -0.2) is 13.8 Å². The summed E-state index contributed by atoms with van der Waals surface area (Å²) in [5, 5.41) is 0. The molecule has 6 heteroatoms. The van der Waals surface area contributed by atoms with Gasteiger partial charge in [-0.2, -0.15) is 0 Å². The molecular weight excluding hydrogens is 396 g/mol. The van der Waals surface area contributed by atoms with Gasteiger partial charge in [-0.05, 0) is 35.9 Å². The maximum absolute atomic E-state index is 14.4. The lowest BCUT2D eigenvalue weighted by atomic mass is 10.1. The Labute approximate surface area is 178 Å². The topological polar surface area (TPSA) is 38.1 Å². The lowest BCUT2D eigenvalue weighted by Gasteiger charge is -2.17. The maximum Gasteiger partial charge on any atom is 0.223 e. The second-order valence-corrected chi connectivity index (χ2v) is 7.94. The van der Waals surface area contributed by atoms with Gasteiger partial charge < -0.3 is 9.47 Å². The summed E-state index contributed by atoms with van der Waals surface area (Å²) in [6.07, 6.45) is 0.349. The highest BCUT2D eigenvalue weighted by molar-refractivity contribution is 5.81. The van der Waals surface area contributed by atoms with E-state index in [4.69, 9.17) is 4.98 Å². The van der Waals surface area contributed by atoms with Crippen LogP contribution in [0.5, 0.6) is 0 Å². The summed E-state index contributed by atoms with van der Waals surface area (Å²) in [6, 6.07) is 20.7. The minimum absolute atomic E-state index is 0.0406. The first kappa shape index (κ1) is 19.4. The van der Waals surface area contributed by atoms with Gasteiger partial charge in [0.1, 0.15) is 17.5 Å². The number of halogens is 2. The molecule has 156 valence electrons. The van der Waals surface area contributed by atoms with Crippen LogP contribution in [-0.2, 0) is 17.9 Å². The zero-order valence-corrected chi connectivity index (χ0v) is 16.8. The Kier molecular flexibility index (Phi) is 4.98. The fraction of sp³-hybridized carbons (Fsp3) is 0.200. The maximum atomic E-state index is 14.4. The molecule has 1 aliphatic rings. The fourth-order valence-corrected chi connectivity index (χ4v) is 4.28. The van der Waals surface area contributed by atoms with Crippen molar-refractivity contribution in [1.29, 1.82) is 0 Å². The van der Waals surface area contributed by atoms with E-state index in [0.29, 0.717) is 31.6 Å². The van der Waals surface area contributed by atoms with Crippen LogP contribution in [0.15, 0.2) is 72.8 Å². The van der Waals surface area contributed by atoms with Crippen LogP contribution in [0, 0.1) is 11.6 Å². The quantitative estimate of drug-likeness (QED) is 0.464. The van der Waals surface area contributed by atoms with Crippen molar-refractivity contribution in [2.45, 2.75) is 25.4 Å². The molecule has 1 saturated heterocycles. The Hall–Kier alpha value is -3.54. The molecule has 1 amide bonds. The number of para-hydroxylation sites is 2. The average Bonchev–Trinajstić information content (AvgIpc) is 3.32. The number of aromatic nitrogens is 2. The molecule has 1 aromatic heterocycles. The first-order valence-electron chi connectivity index (χ1n) is 10.3. The zero-order valence-electron chi connectivity index (χ0n) is 16.8. The van der Waals surface area contributed by atoms with Gasteiger partial charge in [0, 0.05) is 31.0 Å². The molecule has 4 aromatic rings. The van der Waals surface area contributed by atoms with Gasteiger partial charge in [0.25, 0.3) is 0 Å². The normalized spacial score (nSPS) is 16.4. The van der Waals surface area contributed by atoms with Crippen LogP contribution < -0.4 is 0 Å². The van der Waals surface area contributed by atoms with Crippen molar-refractivity contribution in [3.8, 4) is 0 Å². The van der Waals surface area contributed by atoms with E-state index in [9.17, 15) is 13.6 Å². The predicted molar refractivity (Wildman–Crippen MR) is 114 cm³/mol. The van der Waals surface area contributed by atoms with E-state index in [2.05, 4.69) is 0 Å². The predicted octanol–water partition coefficient (Wildman–Crippen LogP) is 4.88. The van der Waals surface area contributed by atoms with Crippen LogP contribution in [0.4, 0.5) is 8.78 Å². The standard InChI is InChI=1S/C25H21F2N3O/c26-20-11-9-17(10-12-20)14-29-15-19(13-24(29)31)25-28-22-7-3-4-8-23(22)30(25)16-18-5-1-2-6-21(18)27/h1-12,19H,13-16H2. The van der Waals surface area contributed by atoms with E-state index in [0.717, 1.165) is 22.4 Å². The van der Waals surface area contributed by atoms with Gasteiger partial charge in [0.2, 0.25) is 5.91 Å². The van der Waals surface area contributed by atoms with Crippen molar-refractivity contribution < 1.29 is 13.6 Å². The van der Waals surface area contributed by atoms with Crippen molar-refractivity contribution in [2.24, 2.45) is 0 Å². The second kappa shape index (κ2) is 7.95. The number of benzene rings is 3. The lowest BCUT2D eigenvalue weighted by Crippen LogP contribution is -2.24. The van der Waals surface area contributed by atoms with Crippen molar-refractivity contribution in [2.75, 3.05) is 6.54 Å². The number of rotatable bonds is 5. The van der Waals surface area contributed by atoms with E-state index in [1.807, 2.05) is 34.9 Å². The average molecular weight is 417 g/mol. The van der Waals surface area contributed by atoms with Crippen LogP contribution in [0.1, 0.15) is 29.3 Å². The van der Waals surface area contributed by atoms with Crippen LogP contribution >= 0.6 is 0 Å². The molecule has 0 bridgehead atoms. The van der Waals surface area contributed by atoms with Crippen molar-refractivity contribution in [1.82, 2.24) is 14.5 Å². The van der Waals surface area contributed by atoms with Crippen molar-refractivity contribution in [3.05, 3.63) is 101 Å². The highest BCUT2D eigenvalue weighted by Gasteiger charge is 2.34. The summed E-state index contributed by atoms with van der Waals surface area (Å²) < 4.78 is 29.6. The largest absolute Gasteiger partial charge is 0.338 e. The molecule has 1 unspecified atom stereocenters. The Balaban J connectivity index is 1.46. The summed E-state index contributed by atoms with van der Waals surface area (Å²) in [5.74, 6) is 0.188. The number of fused-ring (bicyclic) bond motifs is 1. The molecule has 31 heavy (non-hydrogen) atoms. The molecule has 0 saturated carbocycles. The highest BCUT2D eigenvalue weighted by Crippen LogP contribution is 2.32. The third-order valence-corrected chi connectivity index (χ3v) is 5.84. The number of carbonyl (C=O) groups excluding carboxylic acids is 1. The third-order valence-electron chi connectivity index (χ3n) is 5.84. The van der Waals surface area contributed by atoms with E-state index in [1.165, 1.54) is 18.2 Å². The number of likely N-dealkylation sites (tertiary alicyclic amines) is 1. The Morgan fingerprint density at radius 1 is 0.903 bits per heavy atom. The van der Waals surface area contributed by atoms with Crippen LogP contribution in [-0.4, -0.2) is 26.9 Å². The molecule has 5 rings (SSSR count). The zero-order chi connectivity index (χ0) is 21.4. The number of imidazole rings is 1. The molecular formula is C25H21F2N3O. The summed E-state index contributed by atoms with van der Waals surface area (Å²) in [4.78, 5) is 19.3. The number of nitrogens with zero attached hydrogens (tertiary/aromatic N) is 3. The van der Waals surface area contributed by atoms with Crippen molar-refractivity contribution >= 4 is 16.9 Å². The van der Waals surface area contributed by atoms with Gasteiger partial charge in [-0.1, -0.05) is 42.5 Å². The SMILES string of the molecule is O=C1CC(c2nc3ccccc3n2Cc2ccccc2F)CN1Cc1ccc(F)cc1. The van der Waals surface area contributed by atoms with Crippen LogP contribution in [0.2, 0.25) is 0 Å². The molecule has 3 aromatic carbocycles. The summed E-state index contributed by atoms with van der Waals surface area (Å²) >= 11 is 0. The minimum Gasteiger partial charge on any atom is -0.338 e. The molecule has 4 nitrogen and oxygen atoms in total. The summed E-state index contributed by atoms with van der Waals surface area (Å²) in [7, 11) is 0. The monoisotopic (exact) mass is 417 g/mol. The minimum atomic E-state index is -0.295. The van der Waals surface area contributed by atoms with E-state index in [-0.39, 0.29) is 23.5 Å². The van der Waals surface area contributed by atoms with Gasteiger partial charge in [-0.15, -0.1) is 0 Å². The Bertz CT molecular complexity index is 1250. The molecule has 2 heterocycles. The van der Waals surface area contributed by atoms with Gasteiger partial charge in [-0.3, -0.25) is 4.79 Å². The van der Waals surface area contributed by atoms with Gasteiger partial charge in [0.05, 0.1) is 17.6 Å². The van der Waals surface area contributed by atoms with Crippen LogP contribution in [0.25, 0.3) is 11.0 Å². The fourth-order valence-electron chi connectivity index (χ4n) is 4.28. The first-order chi connectivity index (χ1) is 15.1. The molecule has 0 radical (unpaired) electrons. The molecule has 0 N–H and O–H groups in total. The Morgan fingerprint density at radius 3 is 2.45 bits per heavy atom. The van der Waals surface area contributed by atoms with E-state index >= 15 is 0 Å². The Morgan fingerprint density at radius 2 is 1.65 bits per heavy atom. The van der Waals surface area contributed by atoms with Gasteiger partial charge in [0.15, 0.2) is 0 Å². The van der Waals surface area contributed by atoms with E-state index < -0.39 is 0 Å². The highest BCUT2D eigenvalue weighted by atomic mass is 19.1. The number of hydrogen-bond acceptors (Lipinski definition) is 2. The first-order valence-corrected chi connectivity index (χ1v) is 10.3. The number of carbonyl (C=O) groups is 1. The third kappa shape index (κ3) is 3.81. The number of hydrogen-bond donors (Lipinski definition) is 0. The van der Waals surface area contributed by atoms with Gasteiger partial charge >= 0.3 is 0 Å². The summed E-state index contributed by atoms with van der Waals surface area (Å²) in [5.41, 5.74) is 3.22. The second-order valence-electron chi connectivity index (χ2n) is 7.94. The lowest BCUT2D eigenvalue weighted by molar-refractivity contribution is -0.128. The van der Waals surface area contributed by atoms with Crippen molar-refractivity contribution in [3.63, 3.8) is 0 Å².